The van der Waals surface area contributed by atoms with E-state index < -0.39 is 23.3 Å². The van der Waals surface area contributed by atoms with Crippen LogP contribution in [0, 0.1) is 5.41 Å². The first-order chi connectivity index (χ1) is 13.9. The number of anilines is 1. The van der Waals surface area contributed by atoms with Gasteiger partial charge in [0.2, 0.25) is 0 Å². The van der Waals surface area contributed by atoms with E-state index in [9.17, 15) is 9.59 Å². The third-order valence-corrected chi connectivity index (χ3v) is 5.16. The number of hydrogen-bond donors (Lipinski definition) is 1. The van der Waals surface area contributed by atoms with Crippen molar-refractivity contribution in [2.75, 3.05) is 27.1 Å². The highest BCUT2D eigenvalue weighted by atomic mass is 16.5. The van der Waals surface area contributed by atoms with Crippen molar-refractivity contribution in [1.29, 1.82) is 0 Å². The Bertz CT molecular complexity index is 844. The summed E-state index contributed by atoms with van der Waals surface area (Å²) < 4.78 is 15.4. The lowest BCUT2D eigenvalue weighted by atomic mass is 9.67. The van der Waals surface area contributed by atoms with Crippen molar-refractivity contribution in [3.05, 3.63) is 72.3 Å². The van der Waals surface area contributed by atoms with Crippen LogP contribution in [0.2, 0.25) is 0 Å². The fraction of sp³-hybridized carbons (Fsp3) is 0.304. The first kappa shape index (κ1) is 22.0. The molecular weight excluding hydrogens is 370 g/mol. The molecular formula is C23H27NO5. The van der Waals surface area contributed by atoms with Crippen LogP contribution in [0.5, 0.6) is 5.75 Å². The molecule has 2 N–H and O–H groups in total. The maximum atomic E-state index is 13.0. The average Bonchev–Trinajstić information content (AvgIpc) is 2.76. The van der Waals surface area contributed by atoms with E-state index in [0.717, 1.165) is 11.1 Å². The van der Waals surface area contributed by atoms with E-state index in [1.54, 1.807) is 25.3 Å². The summed E-state index contributed by atoms with van der Waals surface area (Å²) in [5.74, 6) is -1.30. The van der Waals surface area contributed by atoms with Crippen molar-refractivity contribution >= 4 is 17.6 Å². The molecule has 0 radical (unpaired) electrons. The lowest BCUT2D eigenvalue weighted by molar-refractivity contribution is -0.171. The number of benzene rings is 2. The second kappa shape index (κ2) is 9.78. The molecule has 154 valence electrons. The highest BCUT2D eigenvalue weighted by Gasteiger charge is 2.54. The molecule has 0 aliphatic rings. The van der Waals surface area contributed by atoms with Crippen LogP contribution in [0.1, 0.15) is 23.5 Å². The predicted octanol–water partition coefficient (Wildman–Crippen LogP) is 3.51. The Morgan fingerprint density at radius 1 is 1.03 bits per heavy atom. The van der Waals surface area contributed by atoms with E-state index in [4.69, 9.17) is 19.9 Å². The molecule has 0 aliphatic carbocycles. The van der Waals surface area contributed by atoms with Gasteiger partial charge in [-0.3, -0.25) is 9.59 Å². The topological polar surface area (TPSA) is 87.9 Å². The lowest BCUT2D eigenvalue weighted by Gasteiger charge is -2.36. The molecule has 0 spiro atoms. The van der Waals surface area contributed by atoms with Gasteiger partial charge < -0.3 is 19.9 Å². The van der Waals surface area contributed by atoms with E-state index >= 15 is 0 Å². The summed E-state index contributed by atoms with van der Waals surface area (Å²) in [5.41, 5.74) is 6.69. The maximum Gasteiger partial charge on any atom is 0.324 e. The number of esters is 2. The van der Waals surface area contributed by atoms with Crippen LogP contribution in [-0.4, -0.2) is 33.3 Å². The molecule has 2 aromatic carbocycles. The normalized spacial score (nSPS) is 12.0. The minimum absolute atomic E-state index is 0.0514. The Labute approximate surface area is 171 Å². The molecule has 1 unspecified atom stereocenters. The Balaban J connectivity index is 2.71. The molecule has 0 aromatic heterocycles. The second-order valence-corrected chi connectivity index (χ2v) is 6.68. The fourth-order valence-electron chi connectivity index (χ4n) is 3.62. The molecule has 0 saturated carbocycles. The van der Waals surface area contributed by atoms with Crippen molar-refractivity contribution in [3.8, 4) is 5.75 Å². The third kappa shape index (κ3) is 4.42. The van der Waals surface area contributed by atoms with Gasteiger partial charge in [-0.15, -0.1) is 6.58 Å². The first-order valence-electron chi connectivity index (χ1n) is 9.19. The van der Waals surface area contributed by atoms with E-state index in [2.05, 4.69) is 6.58 Å². The van der Waals surface area contributed by atoms with Crippen molar-refractivity contribution in [2.24, 2.45) is 5.41 Å². The average molecular weight is 397 g/mol. The number of carbonyl (C=O) groups excluding carboxylic acids is 2. The van der Waals surface area contributed by atoms with Gasteiger partial charge in [-0.2, -0.15) is 0 Å². The van der Waals surface area contributed by atoms with E-state index in [0.29, 0.717) is 17.9 Å². The fourth-order valence-corrected chi connectivity index (χ4v) is 3.62. The van der Waals surface area contributed by atoms with Crippen LogP contribution in [0.4, 0.5) is 5.69 Å². The van der Waals surface area contributed by atoms with Crippen LogP contribution in [0.3, 0.4) is 0 Å². The second-order valence-electron chi connectivity index (χ2n) is 6.68. The summed E-state index contributed by atoms with van der Waals surface area (Å²) in [4.78, 5) is 26.0. The number of allylic oxidation sites excluding steroid dienone is 1. The molecule has 0 amide bonds. The summed E-state index contributed by atoms with van der Waals surface area (Å²) in [6.07, 6.45) is 1.91. The smallest absolute Gasteiger partial charge is 0.324 e. The molecule has 1 atom stereocenters. The monoisotopic (exact) mass is 397 g/mol. The van der Waals surface area contributed by atoms with Crippen LogP contribution < -0.4 is 10.5 Å². The molecule has 29 heavy (non-hydrogen) atoms. The molecule has 2 rings (SSSR count). The summed E-state index contributed by atoms with van der Waals surface area (Å²) >= 11 is 0. The highest BCUT2D eigenvalue weighted by molar-refractivity contribution is 6.01. The van der Waals surface area contributed by atoms with Gasteiger partial charge in [0.25, 0.3) is 0 Å². The quantitative estimate of drug-likeness (QED) is 0.301. The van der Waals surface area contributed by atoms with Crippen LogP contribution in [0.25, 0.3) is 0 Å². The zero-order valence-corrected chi connectivity index (χ0v) is 17.0. The zero-order valence-electron chi connectivity index (χ0n) is 17.0. The summed E-state index contributed by atoms with van der Waals surface area (Å²) in [5, 5.41) is 0. The molecule has 0 fully saturated rings. The molecule has 0 saturated heterocycles. The number of para-hydroxylation sites is 1. The van der Waals surface area contributed by atoms with E-state index in [-0.39, 0.29) is 6.42 Å². The summed E-state index contributed by atoms with van der Waals surface area (Å²) in [6, 6.07) is 14.6. The molecule has 0 bridgehead atoms. The Morgan fingerprint density at radius 3 is 2.10 bits per heavy atom. The van der Waals surface area contributed by atoms with Gasteiger partial charge in [0, 0.05) is 11.6 Å². The largest absolute Gasteiger partial charge is 0.497 e. The maximum absolute atomic E-state index is 13.0. The standard InChI is InChI=1S/C23H27NO5/c1-5-14-23(21(25)28-3,22(26)29-4)19(15-17-8-6-7-9-20(17)24)16-10-12-18(27-2)13-11-16/h5-13,19H,1,14-15,24H2,2-4H3. The molecule has 6 heteroatoms. The molecule has 0 aliphatic heterocycles. The SMILES string of the molecule is C=CCC(C(=O)OC)(C(=O)OC)C(Cc1ccccc1N)c1ccc(OC)cc1. The third-order valence-electron chi connectivity index (χ3n) is 5.16. The number of carbonyl (C=O) groups is 2. The molecule has 0 heterocycles. The summed E-state index contributed by atoms with van der Waals surface area (Å²) in [7, 11) is 4.08. The Hall–Kier alpha value is -3.28. The van der Waals surface area contributed by atoms with Gasteiger partial charge in [-0.25, -0.2) is 0 Å². The van der Waals surface area contributed by atoms with E-state index in [1.165, 1.54) is 20.3 Å². The number of rotatable bonds is 9. The van der Waals surface area contributed by atoms with Crippen molar-refractivity contribution in [2.45, 2.75) is 18.8 Å². The number of nitrogen functional groups attached to an aromatic ring is 1. The molecule has 2 aromatic rings. The zero-order chi connectivity index (χ0) is 21.4. The Morgan fingerprint density at radius 2 is 1.62 bits per heavy atom. The van der Waals surface area contributed by atoms with Crippen LogP contribution in [0.15, 0.2) is 61.2 Å². The minimum Gasteiger partial charge on any atom is -0.497 e. The van der Waals surface area contributed by atoms with E-state index in [1.807, 2.05) is 30.3 Å². The predicted molar refractivity (Wildman–Crippen MR) is 112 cm³/mol. The lowest BCUT2D eigenvalue weighted by Crippen LogP contribution is -2.46. The number of nitrogens with two attached hydrogens (primary N) is 1. The van der Waals surface area contributed by atoms with Gasteiger partial charge in [0.15, 0.2) is 5.41 Å². The number of ether oxygens (including phenoxy) is 3. The van der Waals surface area contributed by atoms with Gasteiger partial charge >= 0.3 is 11.9 Å². The highest BCUT2D eigenvalue weighted by Crippen LogP contribution is 2.45. The van der Waals surface area contributed by atoms with Crippen molar-refractivity contribution in [1.82, 2.24) is 0 Å². The van der Waals surface area contributed by atoms with Gasteiger partial charge in [-0.05, 0) is 42.2 Å². The Kier molecular flexibility index (Phi) is 7.42. The number of hydrogen-bond acceptors (Lipinski definition) is 6. The van der Waals surface area contributed by atoms with Gasteiger partial charge in [0.05, 0.1) is 21.3 Å². The summed E-state index contributed by atoms with van der Waals surface area (Å²) in [6.45, 7) is 3.75. The van der Waals surface area contributed by atoms with Crippen molar-refractivity contribution < 1.29 is 23.8 Å². The number of methoxy groups -OCH3 is 3. The van der Waals surface area contributed by atoms with Gasteiger partial charge in [0.1, 0.15) is 5.75 Å². The molecule has 6 nitrogen and oxygen atoms in total. The first-order valence-corrected chi connectivity index (χ1v) is 9.19. The van der Waals surface area contributed by atoms with Crippen LogP contribution in [-0.2, 0) is 25.5 Å². The minimum atomic E-state index is -1.61. The van der Waals surface area contributed by atoms with Crippen molar-refractivity contribution in [3.63, 3.8) is 0 Å². The van der Waals surface area contributed by atoms with Gasteiger partial charge in [-0.1, -0.05) is 36.4 Å². The van der Waals surface area contributed by atoms with Crippen LogP contribution >= 0.6 is 0 Å².